The number of hydrogen-bond acceptors (Lipinski definition) is 4. The van der Waals surface area contributed by atoms with Crippen molar-refractivity contribution in [2.45, 2.75) is 19.3 Å². The van der Waals surface area contributed by atoms with Crippen molar-refractivity contribution < 1.29 is 22.3 Å². The summed E-state index contributed by atoms with van der Waals surface area (Å²) < 4.78 is 56.1. The minimum absolute atomic E-state index is 0.0309. The molecule has 1 aromatic carbocycles. The molecule has 8 heteroatoms. The van der Waals surface area contributed by atoms with E-state index in [0.29, 0.717) is 18.3 Å². The summed E-state index contributed by atoms with van der Waals surface area (Å²) in [6.07, 6.45) is -4.75. The SMILES string of the molecule is CNCc1nc(COc2ccc(F)c(C(F)(F)F)c2)cs1. The van der Waals surface area contributed by atoms with E-state index < -0.39 is 17.6 Å². The summed E-state index contributed by atoms with van der Waals surface area (Å²) >= 11 is 1.43. The van der Waals surface area contributed by atoms with E-state index in [1.807, 2.05) is 0 Å². The van der Waals surface area contributed by atoms with Gasteiger partial charge in [-0.15, -0.1) is 11.3 Å². The van der Waals surface area contributed by atoms with Crippen molar-refractivity contribution in [1.82, 2.24) is 10.3 Å². The molecule has 2 rings (SSSR count). The second-order valence-electron chi connectivity index (χ2n) is 4.19. The predicted molar refractivity (Wildman–Crippen MR) is 70.6 cm³/mol. The van der Waals surface area contributed by atoms with E-state index in [1.165, 1.54) is 11.3 Å². The van der Waals surface area contributed by atoms with Crippen LogP contribution in [0.3, 0.4) is 0 Å². The van der Waals surface area contributed by atoms with Crippen molar-refractivity contribution >= 4 is 11.3 Å². The Morgan fingerprint density at radius 1 is 1.33 bits per heavy atom. The van der Waals surface area contributed by atoms with Crippen LogP contribution in [-0.2, 0) is 19.3 Å². The van der Waals surface area contributed by atoms with Gasteiger partial charge in [0, 0.05) is 11.9 Å². The molecule has 1 N–H and O–H groups in total. The Hall–Kier alpha value is -1.67. The first-order chi connectivity index (χ1) is 9.90. The summed E-state index contributed by atoms with van der Waals surface area (Å²) in [6.45, 7) is 0.641. The number of benzene rings is 1. The quantitative estimate of drug-likeness (QED) is 0.855. The molecule has 0 aliphatic carbocycles. The van der Waals surface area contributed by atoms with Crippen LogP contribution in [0, 0.1) is 5.82 Å². The van der Waals surface area contributed by atoms with E-state index in [-0.39, 0.29) is 12.4 Å². The first-order valence-electron chi connectivity index (χ1n) is 5.97. The third-order valence-corrected chi connectivity index (χ3v) is 3.45. The van der Waals surface area contributed by atoms with Crippen molar-refractivity contribution in [1.29, 1.82) is 0 Å². The van der Waals surface area contributed by atoms with Gasteiger partial charge in [-0.3, -0.25) is 0 Å². The molecule has 0 aliphatic rings. The maximum atomic E-state index is 13.1. The van der Waals surface area contributed by atoms with Crippen molar-refractivity contribution in [2.24, 2.45) is 0 Å². The lowest BCUT2D eigenvalue weighted by atomic mass is 10.2. The van der Waals surface area contributed by atoms with Crippen molar-refractivity contribution in [2.75, 3.05) is 7.05 Å². The van der Waals surface area contributed by atoms with E-state index in [9.17, 15) is 17.6 Å². The lowest BCUT2D eigenvalue weighted by Crippen LogP contribution is -2.08. The molecule has 0 fully saturated rings. The van der Waals surface area contributed by atoms with Crippen LogP contribution in [0.25, 0.3) is 0 Å². The summed E-state index contributed by atoms with van der Waals surface area (Å²) in [7, 11) is 1.79. The molecule has 0 aliphatic heterocycles. The van der Waals surface area contributed by atoms with Gasteiger partial charge < -0.3 is 10.1 Å². The van der Waals surface area contributed by atoms with Crippen LogP contribution in [-0.4, -0.2) is 12.0 Å². The standard InChI is InChI=1S/C13H12F4N2OS/c1-18-5-12-19-8(7-21-12)6-20-9-2-3-11(14)10(4-9)13(15,16)17/h2-4,7,18H,5-6H2,1H3. The predicted octanol–water partition coefficient (Wildman–Crippen LogP) is 3.60. The molecule has 0 unspecified atom stereocenters. The van der Waals surface area contributed by atoms with E-state index in [1.54, 1.807) is 12.4 Å². The average molecular weight is 320 g/mol. The van der Waals surface area contributed by atoms with Crippen LogP contribution in [0.4, 0.5) is 17.6 Å². The molecule has 2 aromatic rings. The molecule has 3 nitrogen and oxygen atoms in total. The highest BCUT2D eigenvalue weighted by Gasteiger charge is 2.34. The van der Waals surface area contributed by atoms with Gasteiger partial charge in [0.05, 0.1) is 11.3 Å². The summed E-state index contributed by atoms with van der Waals surface area (Å²) in [5.74, 6) is -1.37. The Morgan fingerprint density at radius 3 is 2.76 bits per heavy atom. The molecule has 0 saturated heterocycles. The van der Waals surface area contributed by atoms with E-state index >= 15 is 0 Å². The topological polar surface area (TPSA) is 34.2 Å². The van der Waals surface area contributed by atoms with Crippen molar-refractivity contribution in [3.8, 4) is 5.75 Å². The second-order valence-corrected chi connectivity index (χ2v) is 5.13. The molecule has 0 radical (unpaired) electrons. The molecular formula is C13H12F4N2OS. The van der Waals surface area contributed by atoms with Crippen LogP contribution in [0.5, 0.6) is 5.75 Å². The Bertz CT molecular complexity index is 612. The number of alkyl halides is 3. The van der Waals surface area contributed by atoms with Gasteiger partial charge in [-0.25, -0.2) is 9.37 Å². The average Bonchev–Trinajstić information content (AvgIpc) is 2.85. The van der Waals surface area contributed by atoms with Gasteiger partial charge in [0.25, 0.3) is 0 Å². The molecule has 0 amide bonds. The number of ether oxygens (including phenoxy) is 1. The third-order valence-electron chi connectivity index (χ3n) is 2.56. The summed E-state index contributed by atoms with van der Waals surface area (Å²) in [6, 6.07) is 2.55. The Kier molecular flexibility index (Phi) is 4.79. The zero-order valence-electron chi connectivity index (χ0n) is 11.0. The van der Waals surface area contributed by atoms with Gasteiger partial charge in [0.1, 0.15) is 23.2 Å². The second kappa shape index (κ2) is 6.40. The zero-order valence-corrected chi connectivity index (χ0v) is 11.8. The Balaban J connectivity index is 2.06. The minimum Gasteiger partial charge on any atom is -0.487 e. The Labute approximate surface area is 122 Å². The largest absolute Gasteiger partial charge is 0.487 e. The monoisotopic (exact) mass is 320 g/mol. The van der Waals surface area contributed by atoms with Crippen LogP contribution in [0.1, 0.15) is 16.3 Å². The fourth-order valence-corrected chi connectivity index (χ4v) is 2.41. The number of nitrogens with one attached hydrogen (secondary N) is 1. The molecular weight excluding hydrogens is 308 g/mol. The summed E-state index contributed by atoms with van der Waals surface area (Å²) in [4.78, 5) is 4.24. The maximum Gasteiger partial charge on any atom is 0.419 e. The zero-order chi connectivity index (χ0) is 15.5. The van der Waals surface area contributed by atoms with E-state index in [0.717, 1.165) is 17.1 Å². The summed E-state index contributed by atoms with van der Waals surface area (Å²) in [5, 5.41) is 5.56. The fourth-order valence-electron chi connectivity index (χ4n) is 1.62. The highest BCUT2D eigenvalue weighted by molar-refractivity contribution is 7.09. The maximum absolute atomic E-state index is 13.1. The Morgan fingerprint density at radius 2 is 2.10 bits per heavy atom. The van der Waals surface area contributed by atoms with Crippen LogP contribution < -0.4 is 10.1 Å². The van der Waals surface area contributed by atoms with Crippen LogP contribution in [0.15, 0.2) is 23.6 Å². The molecule has 0 spiro atoms. The number of nitrogens with zero attached hydrogens (tertiary/aromatic N) is 1. The number of halogens is 4. The van der Waals surface area contributed by atoms with Gasteiger partial charge in [-0.2, -0.15) is 13.2 Å². The van der Waals surface area contributed by atoms with Gasteiger partial charge in [0.2, 0.25) is 0 Å². The normalized spacial score (nSPS) is 11.7. The fraction of sp³-hybridized carbons (Fsp3) is 0.308. The molecule has 0 atom stereocenters. The van der Waals surface area contributed by atoms with Crippen molar-refractivity contribution in [3.63, 3.8) is 0 Å². The first kappa shape index (κ1) is 15.7. The number of hydrogen-bond donors (Lipinski definition) is 1. The van der Waals surface area contributed by atoms with Crippen molar-refractivity contribution in [3.05, 3.63) is 45.7 Å². The number of thiazole rings is 1. The highest BCUT2D eigenvalue weighted by atomic mass is 32.1. The third kappa shape index (κ3) is 4.15. The van der Waals surface area contributed by atoms with E-state index in [4.69, 9.17) is 4.74 Å². The van der Waals surface area contributed by atoms with Gasteiger partial charge >= 0.3 is 6.18 Å². The summed E-state index contributed by atoms with van der Waals surface area (Å²) in [5.41, 5.74) is -0.725. The molecule has 0 saturated carbocycles. The molecule has 21 heavy (non-hydrogen) atoms. The van der Waals surface area contributed by atoms with Gasteiger partial charge in [-0.05, 0) is 25.2 Å². The lowest BCUT2D eigenvalue weighted by molar-refractivity contribution is -0.140. The van der Waals surface area contributed by atoms with Gasteiger partial charge in [0.15, 0.2) is 0 Å². The van der Waals surface area contributed by atoms with E-state index in [2.05, 4.69) is 10.3 Å². The number of aromatic nitrogens is 1. The minimum atomic E-state index is -4.75. The smallest absolute Gasteiger partial charge is 0.419 e. The molecule has 0 bridgehead atoms. The first-order valence-corrected chi connectivity index (χ1v) is 6.85. The van der Waals surface area contributed by atoms with Crippen LogP contribution >= 0.6 is 11.3 Å². The van der Waals surface area contributed by atoms with Gasteiger partial charge in [-0.1, -0.05) is 0 Å². The molecule has 1 heterocycles. The van der Waals surface area contributed by atoms with Crippen LogP contribution in [0.2, 0.25) is 0 Å². The lowest BCUT2D eigenvalue weighted by Gasteiger charge is -2.10. The molecule has 114 valence electrons. The highest BCUT2D eigenvalue weighted by Crippen LogP contribution is 2.33. The molecule has 1 aromatic heterocycles. The number of rotatable bonds is 5.